The molecule has 1 aliphatic carbocycles. The van der Waals surface area contributed by atoms with Crippen LogP contribution in [-0.4, -0.2) is 96.5 Å². The van der Waals surface area contributed by atoms with E-state index < -0.39 is 47.6 Å². The van der Waals surface area contributed by atoms with Crippen molar-refractivity contribution in [1.82, 2.24) is 20.1 Å². The first kappa shape index (κ1) is 57.5. The molecule has 0 saturated heterocycles. The molecule has 0 radical (unpaired) electrons. The highest BCUT2D eigenvalue weighted by atomic mass is 79.9. The second-order valence-electron chi connectivity index (χ2n) is 14.4. The standard InChI is InChI=1S/C28H34F2N4O3.C5H9BrN2O2.C5H10.C3H6O.2CH3F/c1-28(2,3)26(34(25(36)17-35)12-11-23(31)27(32)37)24-13-19(21-14-20(29)9-10-22(21)30)16-33(24)15-18-7-5-4-6-8-18;6-3-5(10)8-2-1-7-4-9;1-2-4-5-3-1;1-3(2)4;2*1-2/h4-10,13-14,16,23,26,35H,11-12,15,17,31H2,1-3H3,(H2,32,37);4H,1-3H2,(H,7,9)(H,8,10);1-5H2;1-2H3;2*1H3. The molecule has 7 N–H and O–H groups in total. The van der Waals surface area contributed by atoms with Crippen LogP contribution < -0.4 is 22.1 Å². The molecule has 2 atom stereocenters. The van der Waals surface area contributed by atoms with E-state index in [1.54, 1.807) is 12.3 Å². The number of ketones is 1. The highest BCUT2D eigenvalue weighted by Crippen LogP contribution is 2.41. The Bertz CT molecular complexity index is 1660. The minimum absolute atomic E-state index is 0.0611. The molecule has 1 saturated carbocycles. The summed E-state index contributed by atoms with van der Waals surface area (Å²) in [6.07, 6.45) is 9.92. The van der Waals surface area contributed by atoms with Crippen LogP contribution in [0.2, 0.25) is 0 Å². The van der Waals surface area contributed by atoms with Gasteiger partial charge in [0.1, 0.15) is 24.0 Å². The van der Waals surface area contributed by atoms with Crippen LogP contribution in [0.3, 0.4) is 0 Å². The lowest BCUT2D eigenvalue weighted by atomic mass is 9.82. The maximum atomic E-state index is 14.8. The molecule has 2 aromatic carbocycles. The number of amides is 4. The number of carbonyl (C=O) groups excluding carboxylic acids is 5. The van der Waals surface area contributed by atoms with Gasteiger partial charge in [-0.05, 0) is 55.5 Å². The number of aliphatic hydroxyl groups excluding tert-OH is 1. The normalized spacial score (nSPS) is 12.2. The maximum absolute atomic E-state index is 14.8. The minimum Gasteiger partial charge on any atom is -0.387 e. The summed E-state index contributed by atoms with van der Waals surface area (Å²) in [7, 11) is 1.00. The molecule has 60 heavy (non-hydrogen) atoms. The number of alkyl halides is 3. The zero-order chi connectivity index (χ0) is 46.3. The zero-order valence-corrected chi connectivity index (χ0v) is 37.5. The van der Waals surface area contributed by atoms with Crippen LogP contribution >= 0.6 is 15.9 Å². The Balaban J connectivity index is 0. The molecule has 1 heterocycles. The first-order chi connectivity index (χ1) is 28.5. The average molecular weight is 918 g/mol. The van der Waals surface area contributed by atoms with Crippen molar-refractivity contribution in [2.75, 3.05) is 45.9 Å². The fourth-order valence-corrected chi connectivity index (χ4v) is 5.98. The Morgan fingerprint density at radius 1 is 0.933 bits per heavy atom. The third kappa shape index (κ3) is 23.8. The second-order valence-corrected chi connectivity index (χ2v) is 15.0. The molecule has 4 amide bonds. The lowest BCUT2D eigenvalue weighted by Gasteiger charge is -2.41. The van der Waals surface area contributed by atoms with Crippen LogP contribution in [-0.2, 0) is 30.5 Å². The van der Waals surface area contributed by atoms with Gasteiger partial charge in [-0.1, -0.05) is 99.1 Å². The summed E-state index contributed by atoms with van der Waals surface area (Å²) in [6, 6.07) is 13.0. The molecule has 1 aliphatic rings. The highest BCUT2D eigenvalue weighted by molar-refractivity contribution is 9.09. The third-order valence-corrected chi connectivity index (χ3v) is 8.83. The number of nitrogens with two attached hydrogens (primary N) is 2. The quantitative estimate of drug-likeness (QED) is 0.0494. The molecule has 2 unspecified atom stereocenters. The van der Waals surface area contributed by atoms with E-state index in [2.05, 4.69) is 26.6 Å². The van der Waals surface area contributed by atoms with Gasteiger partial charge in [-0.25, -0.2) is 8.78 Å². The summed E-state index contributed by atoms with van der Waals surface area (Å²) in [5, 5.41) is 15.1. The lowest BCUT2D eigenvalue weighted by molar-refractivity contribution is -0.140. The van der Waals surface area contributed by atoms with Gasteiger partial charge in [0.2, 0.25) is 24.1 Å². The van der Waals surface area contributed by atoms with E-state index in [0.717, 1.165) is 23.8 Å². The van der Waals surface area contributed by atoms with Gasteiger partial charge < -0.3 is 41.5 Å². The molecule has 1 fully saturated rings. The van der Waals surface area contributed by atoms with E-state index in [9.17, 15) is 46.6 Å². The monoisotopic (exact) mass is 916 g/mol. The van der Waals surface area contributed by atoms with Crippen LogP contribution in [0.1, 0.15) is 90.4 Å². The Morgan fingerprint density at radius 3 is 1.95 bits per heavy atom. The van der Waals surface area contributed by atoms with Gasteiger partial charge in [-0.2, -0.15) is 0 Å². The van der Waals surface area contributed by atoms with Crippen LogP contribution in [0.15, 0.2) is 60.8 Å². The number of nitrogens with one attached hydrogen (secondary N) is 2. The smallest absolute Gasteiger partial charge is 0.248 e. The van der Waals surface area contributed by atoms with Crippen LogP contribution in [0.25, 0.3) is 11.1 Å². The summed E-state index contributed by atoms with van der Waals surface area (Å²) in [5.41, 5.74) is 12.8. The number of halogens is 5. The van der Waals surface area contributed by atoms with Gasteiger partial charge in [0.05, 0.1) is 31.8 Å². The van der Waals surface area contributed by atoms with Gasteiger partial charge in [0.15, 0.2) is 0 Å². The molecule has 338 valence electrons. The Morgan fingerprint density at radius 2 is 1.48 bits per heavy atom. The van der Waals surface area contributed by atoms with E-state index in [-0.39, 0.29) is 30.2 Å². The lowest BCUT2D eigenvalue weighted by Crippen LogP contribution is -2.46. The number of rotatable bonds is 15. The number of aliphatic hydroxyl groups is 1. The molecule has 0 spiro atoms. The van der Waals surface area contributed by atoms with E-state index in [4.69, 9.17) is 11.5 Å². The van der Waals surface area contributed by atoms with Crippen molar-refractivity contribution in [3.8, 4) is 11.1 Å². The number of aromatic nitrogens is 1. The van der Waals surface area contributed by atoms with Crippen molar-refractivity contribution in [3.05, 3.63) is 83.7 Å². The third-order valence-electron chi connectivity index (χ3n) is 8.33. The SMILES string of the molecule is C1CCCC1.CC(C)(C)C(c1cc(-c2cc(F)ccc2F)cn1Cc1ccccc1)N(CCC(N)C(N)=O)C(=O)CO.CC(C)=O.CF.CF.O=CNCCNC(=O)CBr. The zero-order valence-electron chi connectivity index (χ0n) is 35.9. The maximum Gasteiger partial charge on any atom is 0.248 e. The van der Waals surface area contributed by atoms with Crippen molar-refractivity contribution in [1.29, 1.82) is 0 Å². The van der Waals surface area contributed by atoms with Crippen molar-refractivity contribution >= 4 is 45.8 Å². The predicted octanol–water partition coefficient (Wildman–Crippen LogP) is 6.55. The molecular weight excluding hydrogens is 852 g/mol. The summed E-state index contributed by atoms with van der Waals surface area (Å²) in [6.45, 7) is 9.53. The summed E-state index contributed by atoms with van der Waals surface area (Å²) < 4.78 is 49.7. The van der Waals surface area contributed by atoms with Crippen molar-refractivity contribution < 1.29 is 46.6 Å². The number of hydrogen-bond acceptors (Lipinski definition) is 7. The number of hydrogen-bond donors (Lipinski definition) is 5. The molecule has 17 heteroatoms. The topological polar surface area (TPSA) is 190 Å². The Labute approximate surface area is 361 Å². The van der Waals surface area contributed by atoms with E-state index >= 15 is 0 Å². The summed E-state index contributed by atoms with van der Waals surface area (Å²) in [5.74, 6) is -2.30. The van der Waals surface area contributed by atoms with Crippen LogP contribution in [0.4, 0.5) is 17.6 Å². The Kier molecular flexibility index (Phi) is 31.8. The van der Waals surface area contributed by atoms with Crippen LogP contribution in [0, 0.1) is 17.0 Å². The number of Topliss-reactive ketones (excluding diaryl/α,β-unsaturated/α-hetero) is 1. The van der Waals surface area contributed by atoms with Gasteiger partial charge in [-0.15, -0.1) is 0 Å². The highest BCUT2D eigenvalue weighted by Gasteiger charge is 2.37. The number of carbonyl (C=O) groups is 5. The summed E-state index contributed by atoms with van der Waals surface area (Å²) in [4.78, 5) is 55.6. The van der Waals surface area contributed by atoms with Crippen molar-refractivity contribution in [2.24, 2.45) is 16.9 Å². The molecule has 0 aliphatic heterocycles. The van der Waals surface area contributed by atoms with E-state index in [1.807, 2.05) is 55.7 Å². The summed E-state index contributed by atoms with van der Waals surface area (Å²) >= 11 is 2.98. The molecular formula is C43H65BrF4N6O6. The molecule has 12 nitrogen and oxygen atoms in total. The van der Waals surface area contributed by atoms with Crippen molar-refractivity contribution in [2.45, 2.75) is 91.8 Å². The van der Waals surface area contributed by atoms with E-state index in [0.29, 0.717) is 57.0 Å². The molecule has 3 aromatic rings. The Hall–Kier alpha value is -4.61. The number of benzene rings is 2. The van der Waals surface area contributed by atoms with Gasteiger partial charge in [0.25, 0.3) is 0 Å². The minimum atomic E-state index is -0.970. The largest absolute Gasteiger partial charge is 0.387 e. The van der Waals surface area contributed by atoms with Crippen LogP contribution in [0.5, 0.6) is 0 Å². The van der Waals surface area contributed by atoms with Gasteiger partial charge >= 0.3 is 0 Å². The number of primary amides is 1. The van der Waals surface area contributed by atoms with Gasteiger partial charge in [0, 0.05) is 49.2 Å². The molecule has 4 rings (SSSR count). The first-order valence-electron chi connectivity index (χ1n) is 19.3. The second kappa shape index (κ2) is 33.1. The van der Waals surface area contributed by atoms with E-state index in [1.165, 1.54) is 50.9 Å². The fourth-order valence-electron chi connectivity index (χ4n) is 5.79. The predicted molar refractivity (Wildman–Crippen MR) is 232 cm³/mol. The van der Waals surface area contributed by atoms with Gasteiger partial charge in [-0.3, -0.25) is 28.0 Å². The molecule has 0 bridgehead atoms. The average Bonchev–Trinajstić information content (AvgIpc) is 3.94. The molecule has 1 aromatic heterocycles. The first-order valence-corrected chi connectivity index (χ1v) is 20.5. The number of nitrogens with zero attached hydrogens (tertiary/aromatic N) is 2. The fraction of sp³-hybridized carbons (Fsp3) is 0.512. The van der Waals surface area contributed by atoms with Crippen molar-refractivity contribution in [3.63, 3.8) is 0 Å².